The van der Waals surface area contributed by atoms with Gasteiger partial charge in [-0.15, -0.1) is 0 Å². The summed E-state index contributed by atoms with van der Waals surface area (Å²) in [4.78, 5) is 6.38. The van der Waals surface area contributed by atoms with Crippen molar-refractivity contribution in [3.05, 3.63) is 30.3 Å². The molecule has 7 heteroatoms. The number of nitrogens with one attached hydrogen (secondary N) is 3. The summed E-state index contributed by atoms with van der Waals surface area (Å²) >= 11 is 6.06. The summed E-state index contributed by atoms with van der Waals surface area (Å²) in [5.74, 6) is 1.51. The quantitative estimate of drug-likeness (QED) is 0.421. The van der Waals surface area contributed by atoms with Gasteiger partial charge in [0.05, 0.1) is 6.54 Å². The maximum Gasteiger partial charge on any atom is 0.195 e. The van der Waals surface area contributed by atoms with Crippen LogP contribution in [-0.4, -0.2) is 50.0 Å². The van der Waals surface area contributed by atoms with Crippen molar-refractivity contribution in [2.75, 3.05) is 27.2 Å². The van der Waals surface area contributed by atoms with Crippen molar-refractivity contribution in [1.29, 1.82) is 0 Å². The Balaban J connectivity index is 1.79. The fourth-order valence-electron chi connectivity index (χ4n) is 1.72. The van der Waals surface area contributed by atoms with Crippen molar-refractivity contribution in [2.45, 2.75) is 11.9 Å². The molecular formula is C13H20ClN5O. The highest BCUT2D eigenvalue weighted by molar-refractivity contribution is 6.21. The lowest BCUT2D eigenvalue weighted by molar-refractivity contribution is 0.203. The summed E-state index contributed by atoms with van der Waals surface area (Å²) in [6.07, 6.45) is -0.0486. The molecule has 1 heterocycles. The predicted molar refractivity (Wildman–Crippen MR) is 80.8 cm³/mol. The highest BCUT2D eigenvalue weighted by Gasteiger charge is 2.22. The summed E-state index contributed by atoms with van der Waals surface area (Å²) in [5, 5.41) is 9.33. The summed E-state index contributed by atoms with van der Waals surface area (Å²) in [7, 11) is 3.91. The zero-order valence-electron chi connectivity index (χ0n) is 11.6. The Morgan fingerprint density at radius 1 is 1.25 bits per heavy atom. The molecule has 0 amide bonds. The number of rotatable bonds is 5. The van der Waals surface area contributed by atoms with Crippen LogP contribution in [0.1, 0.15) is 0 Å². The van der Waals surface area contributed by atoms with E-state index in [1.807, 2.05) is 49.3 Å². The lowest BCUT2D eigenvalue weighted by Gasteiger charge is -2.35. The fourth-order valence-corrected chi connectivity index (χ4v) is 1.94. The average molecular weight is 298 g/mol. The van der Waals surface area contributed by atoms with E-state index in [0.29, 0.717) is 19.1 Å². The lowest BCUT2D eigenvalue weighted by Crippen LogP contribution is -2.67. The topological polar surface area (TPSA) is 60.9 Å². The fraction of sp³-hybridized carbons (Fsp3) is 0.462. The van der Waals surface area contributed by atoms with Crippen LogP contribution < -0.4 is 20.7 Å². The van der Waals surface area contributed by atoms with E-state index >= 15 is 0 Å². The Hall–Kier alpha value is -1.50. The lowest BCUT2D eigenvalue weighted by atomic mass is 10.3. The van der Waals surface area contributed by atoms with E-state index in [2.05, 4.69) is 20.9 Å². The first kappa shape index (κ1) is 14.9. The molecule has 6 nitrogen and oxygen atoms in total. The van der Waals surface area contributed by atoms with Crippen molar-refractivity contribution >= 4 is 17.6 Å². The number of guanidine groups is 1. The van der Waals surface area contributed by atoms with Gasteiger partial charge < -0.3 is 15.4 Å². The summed E-state index contributed by atoms with van der Waals surface area (Å²) in [6, 6.07) is 9.68. The first-order chi connectivity index (χ1) is 9.65. The first-order valence-corrected chi connectivity index (χ1v) is 6.91. The monoisotopic (exact) mass is 297 g/mol. The Morgan fingerprint density at radius 3 is 2.70 bits per heavy atom. The van der Waals surface area contributed by atoms with Gasteiger partial charge in [-0.1, -0.05) is 29.8 Å². The second-order valence-corrected chi connectivity index (χ2v) is 5.01. The zero-order chi connectivity index (χ0) is 14.4. The van der Waals surface area contributed by atoms with E-state index in [1.165, 1.54) is 0 Å². The second-order valence-electron chi connectivity index (χ2n) is 4.58. The average Bonchev–Trinajstić information content (AvgIpc) is 2.44. The van der Waals surface area contributed by atoms with Crippen molar-refractivity contribution in [3.63, 3.8) is 0 Å². The van der Waals surface area contributed by atoms with E-state index in [0.717, 1.165) is 5.75 Å². The summed E-state index contributed by atoms with van der Waals surface area (Å²) < 4.78 is 5.58. The minimum Gasteiger partial charge on any atom is -0.492 e. The number of ether oxygens (including phenoxy) is 1. The van der Waals surface area contributed by atoms with Crippen molar-refractivity contribution < 1.29 is 4.74 Å². The number of hydrogen-bond acceptors (Lipinski definition) is 4. The molecule has 1 aliphatic rings. The molecule has 2 atom stereocenters. The van der Waals surface area contributed by atoms with Gasteiger partial charge in [-0.25, -0.2) is 4.99 Å². The normalized spacial score (nSPS) is 24.3. The van der Waals surface area contributed by atoms with Crippen LogP contribution in [0.2, 0.25) is 0 Å². The summed E-state index contributed by atoms with van der Waals surface area (Å²) in [6.45, 7) is 1.07. The first-order valence-electron chi connectivity index (χ1n) is 6.47. The number of hydrogen-bond donors (Lipinski definition) is 3. The Labute approximate surface area is 124 Å². The molecular weight excluding hydrogens is 278 g/mol. The Bertz CT molecular complexity index is 440. The van der Waals surface area contributed by atoms with Crippen molar-refractivity contribution in [2.24, 2.45) is 4.99 Å². The molecule has 0 aromatic heterocycles. The number of halogens is 1. The molecule has 110 valence electrons. The number of benzene rings is 1. The number of alkyl halides is 1. The van der Waals surface area contributed by atoms with Crippen LogP contribution in [-0.2, 0) is 0 Å². The highest BCUT2D eigenvalue weighted by Crippen LogP contribution is 2.07. The molecule has 0 saturated carbocycles. The van der Waals surface area contributed by atoms with E-state index in [1.54, 1.807) is 0 Å². The third-order valence-corrected chi connectivity index (χ3v) is 2.97. The molecule has 1 aromatic carbocycles. The van der Waals surface area contributed by atoms with Gasteiger partial charge >= 0.3 is 0 Å². The Morgan fingerprint density at radius 2 is 2.00 bits per heavy atom. The molecule has 0 radical (unpaired) electrons. The molecule has 0 aliphatic carbocycles. The maximum atomic E-state index is 6.06. The van der Waals surface area contributed by atoms with E-state index in [4.69, 9.17) is 16.3 Å². The largest absolute Gasteiger partial charge is 0.492 e. The molecule has 20 heavy (non-hydrogen) atoms. The molecule has 3 N–H and O–H groups in total. The van der Waals surface area contributed by atoms with Crippen molar-refractivity contribution in [1.82, 2.24) is 20.9 Å². The summed E-state index contributed by atoms with van der Waals surface area (Å²) in [5.41, 5.74) is -0.350. The minimum atomic E-state index is -0.350. The van der Waals surface area contributed by atoms with Gasteiger partial charge in [-0.3, -0.25) is 10.2 Å². The maximum absolute atomic E-state index is 6.06. The number of nitrogens with zero attached hydrogens (tertiary/aromatic N) is 2. The van der Waals surface area contributed by atoms with Gasteiger partial charge in [-0.2, -0.15) is 0 Å². The van der Waals surface area contributed by atoms with Crippen LogP contribution >= 0.6 is 11.6 Å². The predicted octanol–water partition coefficient (Wildman–Crippen LogP) is 0.571. The molecule has 1 fully saturated rings. The smallest absolute Gasteiger partial charge is 0.195 e. The van der Waals surface area contributed by atoms with Gasteiger partial charge in [0.15, 0.2) is 11.6 Å². The van der Waals surface area contributed by atoms with Gasteiger partial charge in [0.2, 0.25) is 0 Å². The third-order valence-electron chi connectivity index (χ3n) is 2.73. The molecule has 0 spiro atoms. The SMILES string of the molecule is CN(C)C1NC(=NCCOc2ccccc2)NC(Cl)N1. The van der Waals surface area contributed by atoms with Gasteiger partial charge in [-0.05, 0) is 26.2 Å². The van der Waals surface area contributed by atoms with Crippen LogP contribution in [0.25, 0.3) is 0 Å². The molecule has 1 aliphatic heterocycles. The standard InChI is InChI=1S/C13H20ClN5O/c1-19(2)13-17-11(14)16-12(18-13)15-8-9-20-10-6-4-3-5-7-10/h3-7,11,13,17H,8-9H2,1-2H3,(H2,15,16,18). The van der Waals surface area contributed by atoms with E-state index in [9.17, 15) is 0 Å². The van der Waals surface area contributed by atoms with Crippen LogP contribution in [0.15, 0.2) is 35.3 Å². The van der Waals surface area contributed by atoms with Crippen LogP contribution in [0.3, 0.4) is 0 Å². The van der Waals surface area contributed by atoms with Gasteiger partial charge in [0.25, 0.3) is 0 Å². The zero-order valence-corrected chi connectivity index (χ0v) is 12.4. The van der Waals surface area contributed by atoms with Crippen LogP contribution in [0.4, 0.5) is 0 Å². The number of aliphatic imine (C=N–C) groups is 1. The van der Waals surface area contributed by atoms with E-state index in [-0.39, 0.29) is 11.9 Å². The highest BCUT2D eigenvalue weighted by atomic mass is 35.5. The van der Waals surface area contributed by atoms with Crippen LogP contribution in [0, 0.1) is 0 Å². The Kier molecular flexibility index (Phi) is 5.46. The third kappa shape index (κ3) is 4.56. The molecule has 2 rings (SSSR count). The van der Waals surface area contributed by atoms with Gasteiger partial charge in [0, 0.05) is 0 Å². The second kappa shape index (κ2) is 7.33. The number of para-hydroxylation sites is 1. The molecule has 2 unspecified atom stereocenters. The minimum absolute atomic E-state index is 0.0486. The van der Waals surface area contributed by atoms with Crippen molar-refractivity contribution in [3.8, 4) is 5.75 Å². The molecule has 1 aromatic rings. The molecule has 1 saturated heterocycles. The van der Waals surface area contributed by atoms with Crippen LogP contribution in [0.5, 0.6) is 5.75 Å². The molecule has 0 bridgehead atoms. The van der Waals surface area contributed by atoms with Gasteiger partial charge in [0.1, 0.15) is 18.6 Å². The van der Waals surface area contributed by atoms with E-state index < -0.39 is 0 Å².